The molecule has 0 atom stereocenters. The maximum absolute atomic E-state index is 12.2. The number of carbonyl (C=O) groups is 1. The Morgan fingerprint density at radius 1 is 1.40 bits per heavy atom. The van der Waals surface area contributed by atoms with Crippen molar-refractivity contribution in [2.24, 2.45) is 0 Å². The molecule has 3 aromatic rings. The van der Waals surface area contributed by atoms with Gasteiger partial charge >= 0.3 is 0 Å². The number of hydrogen-bond acceptors (Lipinski definition) is 5. The van der Waals surface area contributed by atoms with Gasteiger partial charge in [0.05, 0.1) is 10.7 Å². The van der Waals surface area contributed by atoms with Crippen LogP contribution in [0, 0.1) is 13.8 Å². The van der Waals surface area contributed by atoms with Crippen LogP contribution in [0.4, 0.5) is 5.13 Å². The van der Waals surface area contributed by atoms with Crippen LogP contribution in [0.5, 0.6) is 5.75 Å². The van der Waals surface area contributed by atoms with Gasteiger partial charge in [-0.05, 0) is 38.1 Å². The van der Waals surface area contributed by atoms with Gasteiger partial charge < -0.3 is 4.74 Å². The maximum Gasteiger partial charge on any atom is 0.277 e. The lowest BCUT2D eigenvalue weighted by Gasteiger charge is -2.08. The standard InChI is InChI=1S/C16H14BrClN4O2S/c1-9-10(2)25-16(19-9)20-15(23)13-5-6-22(21-13)8-24-14-4-3-11(17)7-12(14)18/h3-7H,8H2,1-2H3,(H,19,20,23). The van der Waals surface area contributed by atoms with Crippen LogP contribution in [-0.2, 0) is 6.73 Å². The van der Waals surface area contributed by atoms with Crippen LogP contribution >= 0.6 is 38.9 Å². The second-order valence-corrected chi connectivity index (χ2v) is 7.73. The number of aromatic nitrogens is 3. The van der Waals surface area contributed by atoms with Crippen LogP contribution in [0.1, 0.15) is 21.1 Å². The zero-order chi connectivity index (χ0) is 18.0. The third-order valence-corrected chi connectivity index (χ3v) is 5.15. The van der Waals surface area contributed by atoms with Gasteiger partial charge in [-0.1, -0.05) is 27.5 Å². The summed E-state index contributed by atoms with van der Waals surface area (Å²) < 4.78 is 8.00. The monoisotopic (exact) mass is 440 g/mol. The van der Waals surface area contributed by atoms with Crippen LogP contribution in [0.15, 0.2) is 34.9 Å². The van der Waals surface area contributed by atoms with Gasteiger partial charge in [0.25, 0.3) is 5.91 Å². The molecule has 1 N–H and O–H groups in total. The average molecular weight is 442 g/mol. The minimum atomic E-state index is -0.311. The first kappa shape index (κ1) is 17.9. The number of nitrogens with one attached hydrogen (secondary N) is 1. The Morgan fingerprint density at radius 2 is 2.20 bits per heavy atom. The van der Waals surface area contributed by atoms with E-state index in [2.05, 4.69) is 31.3 Å². The predicted octanol–water partition coefficient (Wildman–Crippen LogP) is 4.66. The van der Waals surface area contributed by atoms with E-state index in [0.717, 1.165) is 15.0 Å². The first-order chi connectivity index (χ1) is 11.9. The van der Waals surface area contributed by atoms with Gasteiger partial charge in [0.15, 0.2) is 17.6 Å². The fraction of sp³-hybridized carbons (Fsp3) is 0.188. The molecule has 1 aromatic carbocycles. The number of ether oxygens (including phenoxy) is 1. The summed E-state index contributed by atoms with van der Waals surface area (Å²) in [7, 11) is 0. The van der Waals surface area contributed by atoms with Crippen molar-refractivity contribution in [1.82, 2.24) is 14.8 Å². The Balaban J connectivity index is 1.62. The van der Waals surface area contributed by atoms with E-state index in [1.807, 2.05) is 19.9 Å². The maximum atomic E-state index is 12.2. The SMILES string of the molecule is Cc1nc(NC(=O)c2ccn(COc3ccc(Br)cc3Cl)n2)sc1C. The molecule has 3 rings (SSSR count). The minimum Gasteiger partial charge on any atom is -0.470 e. The van der Waals surface area contributed by atoms with Gasteiger partial charge in [0.1, 0.15) is 5.75 Å². The van der Waals surface area contributed by atoms with E-state index in [0.29, 0.717) is 15.9 Å². The fourth-order valence-electron chi connectivity index (χ4n) is 1.97. The number of halogens is 2. The van der Waals surface area contributed by atoms with Crippen molar-refractivity contribution in [1.29, 1.82) is 0 Å². The van der Waals surface area contributed by atoms with Crippen LogP contribution in [0.3, 0.4) is 0 Å². The number of anilines is 1. The zero-order valence-electron chi connectivity index (χ0n) is 13.4. The van der Waals surface area contributed by atoms with Gasteiger partial charge in [-0.15, -0.1) is 11.3 Å². The van der Waals surface area contributed by atoms with Gasteiger partial charge in [0.2, 0.25) is 0 Å². The zero-order valence-corrected chi connectivity index (χ0v) is 16.6. The molecule has 9 heteroatoms. The molecule has 2 heterocycles. The number of thiazole rings is 1. The summed E-state index contributed by atoms with van der Waals surface area (Å²) in [6.45, 7) is 4.01. The van der Waals surface area contributed by atoms with E-state index >= 15 is 0 Å². The van der Waals surface area contributed by atoms with Crippen molar-refractivity contribution < 1.29 is 9.53 Å². The highest BCUT2D eigenvalue weighted by Gasteiger charge is 2.13. The molecule has 0 aliphatic carbocycles. The summed E-state index contributed by atoms with van der Waals surface area (Å²) >= 11 is 10.9. The molecule has 0 aliphatic rings. The molecular formula is C16H14BrClN4O2S. The van der Waals surface area contributed by atoms with E-state index in [9.17, 15) is 4.79 Å². The van der Waals surface area contributed by atoms with Crippen molar-refractivity contribution in [3.63, 3.8) is 0 Å². The Hall–Kier alpha value is -1.90. The molecule has 0 fully saturated rings. The third-order valence-electron chi connectivity index (χ3n) is 3.37. The average Bonchev–Trinajstić information content (AvgIpc) is 3.14. The molecule has 0 radical (unpaired) electrons. The molecule has 130 valence electrons. The molecule has 0 aliphatic heterocycles. The number of amides is 1. The first-order valence-electron chi connectivity index (χ1n) is 7.29. The van der Waals surface area contributed by atoms with Crippen molar-refractivity contribution in [3.05, 3.63) is 56.2 Å². The van der Waals surface area contributed by atoms with Crippen LogP contribution in [0.25, 0.3) is 0 Å². The molecule has 6 nitrogen and oxygen atoms in total. The summed E-state index contributed by atoms with van der Waals surface area (Å²) in [4.78, 5) is 17.6. The number of rotatable bonds is 5. The van der Waals surface area contributed by atoms with E-state index in [1.54, 1.807) is 24.4 Å². The van der Waals surface area contributed by atoms with E-state index < -0.39 is 0 Å². The largest absolute Gasteiger partial charge is 0.470 e. The second kappa shape index (κ2) is 7.55. The summed E-state index contributed by atoms with van der Waals surface area (Å²) in [6, 6.07) is 6.96. The third kappa shape index (κ3) is 4.39. The lowest BCUT2D eigenvalue weighted by atomic mass is 10.3. The summed E-state index contributed by atoms with van der Waals surface area (Å²) in [5, 5.41) is 8.01. The highest BCUT2D eigenvalue weighted by molar-refractivity contribution is 9.10. The topological polar surface area (TPSA) is 69.0 Å². The smallest absolute Gasteiger partial charge is 0.277 e. The van der Waals surface area contributed by atoms with Gasteiger partial charge in [-0.3, -0.25) is 10.1 Å². The summed E-state index contributed by atoms with van der Waals surface area (Å²) in [5.41, 5.74) is 1.20. The normalized spacial score (nSPS) is 10.7. The molecule has 0 unspecified atom stereocenters. The fourth-order valence-corrected chi connectivity index (χ4v) is 3.51. The molecule has 0 spiro atoms. The second-order valence-electron chi connectivity index (χ2n) is 5.20. The Labute approximate surface area is 161 Å². The lowest BCUT2D eigenvalue weighted by Crippen LogP contribution is -2.14. The first-order valence-corrected chi connectivity index (χ1v) is 9.28. The lowest BCUT2D eigenvalue weighted by molar-refractivity contribution is 0.102. The van der Waals surface area contributed by atoms with Gasteiger partial charge in [-0.2, -0.15) is 5.10 Å². The Kier molecular flexibility index (Phi) is 5.41. The summed E-state index contributed by atoms with van der Waals surface area (Å²) in [6.07, 6.45) is 1.67. The van der Waals surface area contributed by atoms with Crippen molar-refractivity contribution >= 4 is 49.9 Å². The number of hydrogen-bond donors (Lipinski definition) is 1. The molecule has 0 saturated heterocycles. The van der Waals surface area contributed by atoms with Crippen molar-refractivity contribution in [2.75, 3.05) is 5.32 Å². The highest BCUT2D eigenvalue weighted by atomic mass is 79.9. The highest BCUT2D eigenvalue weighted by Crippen LogP contribution is 2.28. The molecule has 0 saturated carbocycles. The molecule has 1 amide bonds. The molecular weight excluding hydrogens is 428 g/mol. The van der Waals surface area contributed by atoms with E-state index in [-0.39, 0.29) is 18.3 Å². The van der Waals surface area contributed by atoms with Crippen LogP contribution in [0.2, 0.25) is 5.02 Å². The van der Waals surface area contributed by atoms with Gasteiger partial charge in [-0.25, -0.2) is 9.67 Å². The number of aryl methyl sites for hydroxylation is 2. The van der Waals surface area contributed by atoms with Crippen LogP contribution < -0.4 is 10.1 Å². The Bertz CT molecular complexity index is 905. The quantitative estimate of drug-likeness (QED) is 0.625. The molecule has 2 aromatic heterocycles. The predicted molar refractivity (Wildman–Crippen MR) is 102 cm³/mol. The summed E-state index contributed by atoms with van der Waals surface area (Å²) in [5.74, 6) is 0.231. The van der Waals surface area contributed by atoms with Gasteiger partial charge in [0, 0.05) is 15.5 Å². The molecule has 25 heavy (non-hydrogen) atoms. The van der Waals surface area contributed by atoms with Crippen LogP contribution in [-0.4, -0.2) is 20.7 Å². The van der Waals surface area contributed by atoms with E-state index in [4.69, 9.17) is 16.3 Å². The molecule has 0 bridgehead atoms. The van der Waals surface area contributed by atoms with Crippen molar-refractivity contribution in [2.45, 2.75) is 20.6 Å². The minimum absolute atomic E-state index is 0.143. The van der Waals surface area contributed by atoms with Crippen molar-refractivity contribution in [3.8, 4) is 5.75 Å². The number of benzene rings is 1. The Morgan fingerprint density at radius 3 is 2.88 bits per heavy atom. The van der Waals surface area contributed by atoms with E-state index in [1.165, 1.54) is 16.0 Å². The number of carbonyl (C=O) groups excluding carboxylic acids is 1. The number of nitrogens with zero attached hydrogens (tertiary/aromatic N) is 3.